The molecule has 1 aromatic carbocycles. The van der Waals surface area contributed by atoms with Crippen LogP contribution in [0.3, 0.4) is 0 Å². The number of aromatic hydroxyl groups is 1. The number of phenols is 1. The smallest absolute Gasteiger partial charge is 0.303 e. The highest BCUT2D eigenvalue weighted by molar-refractivity contribution is 5.78. The Morgan fingerprint density at radius 1 is 1.22 bits per heavy atom. The molecule has 0 bridgehead atoms. The van der Waals surface area contributed by atoms with Crippen LogP contribution in [0.2, 0.25) is 0 Å². The van der Waals surface area contributed by atoms with Crippen LogP contribution in [0.25, 0.3) is 0 Å². The van der Waals surface area contributed by atoms with Crippen molar-refractivity contribution < 1.29 is 19.8 Å². The molecule has 0 saturated carbocycles. The lowest BCUT2D eigenvalue weighted by Crippen LogP contribution is -2.26. The predicted octanol–water partition coefficient (Wildman–Crippen LogP) is 1.31. The van der Waals surface area contributed by atoms with Crippen molar-refractivity contribution in [3.63, 3.8) is 0 Å². The average molecular weight is 251 g/mol. The Balaban J connectivity index is 2.20. The van der Waals surface area contributed by atoms with Gasteiger partial charge in [-0.1, -0.05) is 12.1 Å². The van der Waals surface area contributed by atoms with Gasteiger partial charge in [0.25, 0.3) is 0 Å². The summed E-state index contributed by atoms with van der Waals surface area (Å²) in [6.45, 7) is 0.477. The first-order chi connectivity index (χ1) is 8.58. The van der Waals surface area contributed by atoms with E-state index in [1.165, 1.54) is 0 Å². The fourth-order valence-electron chi connectivity index (χ4n) is 1.54. The molecule has 3 N–H and O–H groups in total. The Hall–Kier alpha value is -2.04. The largest absolute Gasteiger partial charge is 0.508 e. The van der Waals surface area contributed by atoms with Crippen LogP contribution >= 0.6 is 0 Å². The molecule has 0 spiro atoms. The second-order valence-corrected chi connectivity index (χ2v) is 4.05. The van der Waals surface area contributed by atoms with E-state index < -0.39 is 5.97 Å². The standard InChI is InChI=1S/C13H17NO4/c15-11-5-3-4-10(8-11)9-12(16)14-7-2-1-6-13(17)18/h3-5,8,15H,1-2,6-7,9H2,(H,14,16)(H,17,18). The van der Waals surface area contributed by atoms with Crippen molar-refractivity contribution in [2.45, 2.75) is 25.7 Å². The van der Waals surface area contributed by atoms with Crippen LogP contribution in [0.5, 0.6) is 5.75 Å². The molecule has 0 saturated heterocycles. The number of carbonyl (C=O) groups is 2. The molecule has 1 amide bonds. The minimum atomic E-state index is -0.818. The van der Waals surface area contributed by atoms with Crippen molar-refractivity contribution in [2.75, 3.05) is 6.54 Å². The van der Waals surface area contributed by atoms with Gasteiger partial charge >= 0.3 is 5.97 Å². The number of carbonyl (C=O) groups excluding carboxylic acids is 1. The summed E-state index contributed by atoms with van der Waals surface area (Å²) in [5.74, 6) is -0.807. The third-order valence-electron chi connectivity index (χ3n) is 2.41. The minimum absolute atomic E-state index is 0.127. The monoisotopic (exact) mass is 251 g/mol. The number of unbranched alkanes of at least 4 members (excludes halogenated alkanes) is 1. The zero-order valence-corrected chi connectivity index (χ0v) is 10.1. The molecule has 0 unspecified atom stereocenters. The number of phenolic OH excluding ortho intramolecular Hbond substituents is 1. The van der Waals surface area contributed by atoms with Crippen molar-refractivity contribution in [3.05, 3.63) is 29.8 Å². The maximum atomic E-state index is 11.5. The van der Waals surface area contributed by atoms with Gasteiger partial charge in [0, 0.05) is 13.0 Å². The summed E-state index contributed by atoms with van der Waals surface area (Å²) in [5.41, 5.74) is 0.748. The van der Waals surface area contributed by atoms with Gasteiger partial charge in [0.05, 0.1) is 6.42 Å². The molecule has 0 aromatic heterocycles. The second kappa shape index (κ2) is 7.32. The van der Waals surface area contributed by atoms with Crippen LogP contribution in [-0.4, -0.2) is 28.6 Å². The van der Waals surface area contributed by atoms with E-state index in [0.29, 0.717) is 19.4 Å². The summed E-state index contributed by atoms with van der Waals surface area (Å²) >= 11 is 0. The number of rotatable bonds is 7. The van der Waals surface area contributed by atoms with Crippen molar-refractivity contribution in [1.82, 2.24) is 5.32 Å². The molecule has 1 rings (SSSR count). The molecule has 0 aliphatic carbocycles. The Kier molecular flexibility index (Phi) is 5.70. The predicted molar refractivity (Wildman–Crippen MR) is 66.3 cm³/mol. The molecular formula is C13H17NO4. The molecule has 0 fully saturated rings. The molecule has 0 aliphatic heterocycles. The lowest BCUT2D eigenvalue weighted by molar-refractivity contribution is -0.137. The highest BCUT2D eigenvalue weighted by Gasteiger charge is 2.03. The first kappa shape index (κ1) is 14.0. The van der Waals surface area contributed by atoms with E-state index in [1.54, 1.807) is 24.3 Å². The first-order valence-electron chi connectivity index (χ1n) is 5.84. The van der Waals surface area contributed by atoms with E-state index in [1.807, 2.05) is 0 Å². The number of carboxylic acid groups (broad SMARTS) is 1. The molecule has 0 heterocycles. The van der Waals surface area contributed by atoms with Gasteiger partial charge in [-0.25, -0.2) is 0 Å². The van der Waals surface area contributed by atoms with Crippen LogP contribution in [0, 0.1) is 0 Å². The Morgan fingerprint density at radius 3 is 2.67 bits per heavy atom. The van der Waals surface area contributed by atoms with Crippen LogP contribution in [0.1, 0.15) is 24.8 Å². The fourth-order valence-corrected chi connectivity index (χ4v) is 1.54. The van der Waals surface area contributed by atoms with E-state index in [2.05, 4.69) is 5.32 Å². The molecular weight excluding hydrogens is 234 g/mol. The number of benzene rings is 1. The Morgan fingerprint density at radius 2 is 2.00 bits per heavy atom. The van der Waals surface area contributed by atoms with Crippen LogP contribution in [-0.2, 0) is 16.0 Å². The minimum Gasteiger partial charge on any atom is -0.508 e. The normalized spacial score (nSPS) is 10.0. The van der Waals surface area contributed by atoms with Crippen molar-refractivity contribution in [1.29, 1.82) is 0 Å². The molecule has 18 heavy (non-hydrogen) atoms. The third kappa shape index (κ3) is 5.89. The number of hydrogen-bond donors (Lipinski definition) is 3. The quantitative estimate of drug-likeness (QED) is 0.638. The summed E-state index contributed by atoms with van der Waals surface area (Å²) < 4.78 is 0. The molecule has 98 valence electrons. The van der Waals surface area contributed by atoms with Crippen LogP contribution in [0.15, 0.2) is 24.3 Å². The summed E-state index contributed by atoms with van der Waals surface area (Å²) in [6.07, 6.45) is 1.55. The van der Waals surface area contributed by atoms with Gasteiger partial charge in [-0.3, -0.25) is 9.59 Å². The van der Waals surface area contributed by atoms with Gasteiger partial charge in [-0.05, 0) is 30.5 Å². The van der Waals surface area contributed by atoms with Gasteiger partial charge < -0.3 is 15.5 Å². The van der Waals surface area contributed by atoms with Crippen molar-refractivity contribution in [3.8, 4) is 5.75 Å². The Labute approximate surface area is 105 Å². The maximum absolute atomic E-state index is 11.5. The SMILES string of the molecule is O=C(O)CCCCNC(=O)Cc1cccc(O)c1. The summed E-state index contributed by atoms with van der Waals surface area (Å²) in [6, 6.07) is 6.55. The maximum Gasteiger partial charge on any atom is 0.303 e. The summed E-state index contributed by atoms with van der Waals surface area (Å²) in [4.78, 5) is 21.8. The first-order valence-corrected chi connectivity index (χ1v) is 5.84. The fraction of sp³-hybridized carbons (Fsp3) is 0.385. The topological polar surface area (TPSA) is 86.6 Å². The van der Waals surface area contributed by atoms with E-state index >= 15 is 0 Å². The molecule has 5 heteroatoms. The zero-order valence-electron chi connectivity index (χ0n) is 10.1. The second-order valence-electron chi connectivity index (χ2n) is 4.05. The van der Waals surface area contributed by atoms with Gasteiger partial charge in [0.2, 0.25) is 5.91 Å². The summed E-state index contributed by atoms with van der Waals surface area (Å²) in [7, 11) is 0. The van der Waals surface area contributed by atoms with Crippen LogP contribution < -0.4 is 5.32 Å². The zero-order chi connectivity index (χ0) is 13.4. The van der Waals surface area contributed by atoms with Gasteiger partial charge in [0.1, 0.15) is 5.75 Å². The van der Waals surface area contributed by atoms with Crippen molar-refractivity contribution in [2.24, 2.45) is 0 Å². The van der Waals surface area contributed by atoms with Gasteiger partial charge in [-0.15, -0.1) is 0 Å². The molecule has 5 nitrogen and oxygen atoms in total. The molecule has 0 atom stereocenters. The third-order valence-corrected chi connectivity index (χ3v) is 2.41. The number of amides is 1. The Bertz CT molecular complexity index is 417. The number of carboxylic acids is 1. The lowest BCUT2D eigenvalue weighted by atomic mass is 10.1. The van der Waals surface area contributed by atoms with Gasteiger partial charge in [0.15, 0.2) is 0 Å². The highest BCUT2D eigenvalue weighted by atomic mass is 16.4. The number of aliphatic carboxylic acids is 1. The van der Waals surface area contributed by atoms with E-state index in [0.717, 1.165) is 5.56 Å². The highest BCUT2D eigenvalue weighted by Crippen LogP contribution is 2.11. The molecule has 0 radical (unpaired) electrons. The molecule has 0 aliphatic rings. The van der Waals surface area contributed by atoms with E-state index in [9.17, 15) is 14.7 Å². The average Bonchev–Trinajstić information content (AvgIpc) is 2.28. The lowest BCUT2D eigenvalue weighted by Gasteiger charge is -2.05. The van der Waals surface area contributed by atoms with Crippen molar-refractivity contribution >= 4 is 11.9 Å². The summed E-state index contributed by atoms with van der Waals surface area (Å²) in [5, 5.41) is 20.4. The van der Waals surface area contributed by atoms with Crippen LogP contribution in [0.4, 0.5) is 0 Å². The van der Waals surface area contributed by atoms with E-state index in [-0.39, 0.29) is 24.5 Å². The number of hydrogen-bond acceptors (Lipinski definition) is 3. The molecule has 1 aromatic rings. The van der Waals surface area contributed by atoms with E-state index in [4.69, 9.17) is 5.11 Å². The number of nitrogens with one attached hydrogen (secondary N) is 1. The van der Waals surface area contributed by atoms with Gasteiger partial charge in [-0.2, -0.15) is 0 Å².